The Kier molecular flexibility index (Phi) is 7.64. The van der Waals surface area contributed by atoms with E-state index in [1.54, 1.807) is 0 Å². The summed E-state index contributed by atoms with van der Waals surface area (Å²) in [6, 6.07) is 0. The van der Waals surface area contributed by atoms with E-state index in [9.17, 15) is 9.59 Å². The third-order valence-electron chi connectivity index (χ3n) is 14.2. The molecule has 8 heteroatoms. The summed E-state index contributed by atoms with van der Waals surface area (Å²) in [6.45, 7) is 13.2. The molecular weight excluding hydrogens is 532 g/mol. The fourth-order valence-corrected chi connectivity index (χ4v) is 12.2. The van der Waals surface area contributed by atoms with Crippen LogP contribution >= 0.6 is 0 Å². The normalized spacial score (nSPS) is 46.7. The van der Waals surface area contributed by atoms with E-state index in [2.05, 4.69) is 34.6 Å². The van der Waals surface area contributed by atoms with Gasteiger partial charge in [-0.05, 0) is 116 Å². The number of likely N-dealkylation sites (tertiary alicyclic amines) is 1. The number of amides is 2. The second-order valence-corrected chi connectivity index (χ2v) is 16.2. The standard InChI is InChI=1S/C33H52N2O5.CH4O/c1-19(2)27(40-29(37)35-15-6-16-35)23-9-7-21-24(38-23)17-22-20-8-10-25-30(3,4)26(39-28(34)36)11-12-33(25)18-32(20,33)14-13-31(21,22)5;1-2/h19-27H,6-18H2,1-5H3,(H2,34,36);2H,1H3/t20?,21?,22?,23?,24?,25-,26-,27+,31+,32-,33+;/m0./s1. The molecule has 11 atom stereocenters. The van der Waals surface area contributed by atoms with Crippen LogP contribution in [0.15, 0.2) is 0 Å². The van der Waals surface area contributed by atoms with Crippen molar-refractivity contribution in [1.29, 1.82) is 0 Å². The highest BCUT2D eigenvalue weighted by Gasteiger charge is 2.80. The van der Waals surface area contributed by atoms with Gasteiger partial charge in [-0.2, -0.15) is 0 Å². The Bertz CT molecular complexity index is 1060. The molecule has 7 rings (SSSR count). The van der Waals surface area contributed by atoms with Gasteiger partial charge in [-0.25, -0.2) is 9.59 Å². The molecule has 7 aliphatic rings. The first-order valence-corrected chi connectivity index (χ1v) is 16.9. The monoisotopic (exact) mass is 588 g/mol. The SMILES string of the molecule is CC(C)[C@@H](OC(=O)N1CCC1)C1CCC2C(CC3C4CC[C@H]5C(C)(C)[C@@H](OC(N)=O)CC[C@@]56C[C@@]46CC[C@]23C)O1.CO. The average Bonchev–Trinajstić information content (AvgIpc) is 3.48. The number of nitrogens with zero attached hydrogens (tertiary/aromatic N) is 1. The van der Waals surface area contributed by atoms with E-state index in [0.29, 0.717) is 28.1 Å². The number of aliphatic hydroxyl groups excluding tert-OH is 1. The van der Waals surface area contributed by atoms with Gasteiger partial charge in [0.15, 0.2) is 0 Å². The Morgan fingerprint density at radius 2 is 1.64 bits per heavy atom. The number of carbonyl (C=O) groups excluding carboxylic acids is 2. The zero-order valence-electron chi connectivity index (χ0n) is 26.9. The van der Waals surface area contributed by atoms with Gasteiger partial charge >= 0.3 is 12.2 Å². The molecule has 42 heavy (non-hydrogen) atoms. The quantitative estimate of drug-likeness (QED) is 0.409. The van der Waals surface area contributed by atoms with E-state index >= 15 is 0 Å². The highest BCUT2D eigenvalue weighted by atomic mass is 16.6. The van der Waals surface area contributed by atoms with Crippen LogP contribution in [0.4, 0.5) is 9.59 Å². The Labute approximate surface area is 252 Å². The average molecular weight is 589 g/mol. The Balaban J connectivity index is 0.00000155. The maximum absolute atomic E-state index is 12.7. The molecule has 3 N–H and O–H groups in total. The van der Waals surface area contributed by atoms with Crippen molar-refractivity contribution < 1.29 is 28.9 Å². The maximum atomic E-state index is 12.7. The van der Waals surface area contributed by atoms with Gasteiger partial charge in [0.1, 0.15) is 12.2 Å². The predicted molar refractivity (Wildman–Crippen MR) is 159 cm³/mol. The van der Waals surface area contributed by atoms with Crippen molar-refractivity contribution in [2.24, 2.45) is 57.0 Å². The van der Waals surface area contributed by atoms with Crippen LogP contribution in [0.2, 0.25) is 0 Å². The lowest BCUT2D eigenvalue weighted by molar-refractivity contribution is -0.150. The molecule has 5 aliphatic carbocycles. The minimum Gasteiger partial charge on any atom is -0.446 e. The van der Waals surface area contributed by atoms with Gasteiger partial charge in [-0.3, -0.25) is 0 Å². The number of fused-ring (bicyclic) bond motifs is 4. The highest BCUT2D eigenvalue weighted by molar-refractivity contribution is 5.68. The van der Waals surface area contributed by atoms with Gasteiger partial charge in [0.2, 0.25) is 0 Å². The fraction of sp³-hybridized carbons (Fsp3) is 0.941. The lowest BCUT2D eigenvalue weighted by Crippen LogP contribution is -2.55. The van der Waals surface area contributed by atoms with Crippen molar-refractivity contribution in [2.45, 2.75) is 130 Å². The summed E-state index contributed by atoms with van der Waals surface area (Å²) in [7, 11) is 1.00. The van der Waals surface area contributed by atoms with E-state index in [-0.39, 0.29) is 41.8 Å². The molecule has 2 saturated heterocycles. The van der Waals surface area contributed by atoms with Gasteiger partial charge in [-0.15, -0.1) is 0 Å². The van der Waals surface area contributed by atoms with Crippen LogP contribution in [0.25, 0.3) is 0 Å². The molecule has 5 saturated carbocycles. The van der Waals surface area contributed by atoms with Gasteiger partial charge in [0.25, 0.3) is 0 Å². The van der Waals surface area contributed by atoms with Crippen molar-refractivity contribution in [3.63, 3.8) is 0 Å². The third kappa shape index (κ3) is 4.27. The number of rotatable bonds is 4. The largest absolute Gasteiger partial charge is 0.446 e. The summed E-state index contributed by atoms with van der Waals surface area (Å²) < 4.78 is 18.8. The van der Waals surface area contributed by atoms with Crippen LogP contribution in [0.5, 0.6) is 0 Å². The summed E-state index contributed by atoms with van der Waals surface area (Å²) in [5.74, 6) is 2.97. The van der Waals surface area contributed by atoms with Crippen LogP contribution in [-0.4, -0.2) is 66.8 Å². The Morgan fingerprint density at radius 3 is 2.29 bits per heavy atom. The van der Waals surface area contributed by atoms with Crippen molar-refractivity contribution in [3.05, 3.63) is 0 Å². The van der Waals surface area contributed by atoms with E-state index in [1.165, 1.54) is 51.4 Å². The number of nitrogens with two attached hydrogens (primary N) is 1. The molecule has 0 bridgehead atoms. The molecule has 0 radical (unpaired) electrons. The van der Waals surface area contributed by atoms with Crippen molar-refractivity contribution in [1.82, 2.24) is 4.90 Å². The zero-order chi connectivity index (χ0) is 30.2. The van der Waals surface area contributed by atoms with Crippen molar-refractivity contribution in [2.75, 3.05) is 20.2 Å². The summed E-state index contributed by atoms with van der Waals surface area (Å²) in [5.41, 5.74) is 6.70. The fourth-order valence-electron chi connectivity index (χ4n) is 12.2. The summed E-state index contributed by atoms with van der Waals surface area (Å²) in [4.78, 5) is 26.2. The van der Waals surface area contributed by atoms with Gasteiger partial charge in [-0.1, -0.05) is 34.6 Å². The first kappa shape index (κ1) is 30.5. The number of carbonyl (C=O) groups is 2. The van der Waals surface area contributed by atoms with Gasteiger partial charge < -0.3 is 30.0 Å². The lowest BCUT2D eigenvalue weighted by atomic mass is 9.46. The molecule has 2 amide bonds. The number of hydrogen-bond donors (Lipinski definition) is 2. The zero-order valence-corrected chi connectivity index (χ0v) is 26.9. The molecular formula is C34H56N2O6. The summed E-state index contributed by atoms with van der Waals surface area (Å²) in [6.07, 6.45) is 12.4. The third-order valence-corrected chi connectivity index (χ3v) is 14.2. The second kappa shape index (κ2) is 10.5. The number of primary amides is 1. The number of hydrogen-bond acceptors (Lipinski definition) is 6. The predicted octanol–water partition coefficient (Wildman–Crippen LogP) is 6.13. The molecule has 7 fully saturated rings. The maximum Gasteiger partial charge on any atom is 0.410 e. The van der Waals surface area contributed by atoms with E-state index < -0.39 is 6.09 Å². The van der Waals surface area contributed by atoms with Crippen LogP contribution in [0, 0.1) is 51.2 Å². The first-order valence-electron chi connectivity index (χ1n) is 16.9. The summed E-state index contributed by atoms with van der Waals surface area (Å²) >= 11 is 0. The second-order valence-electron chi connectivity index (χ2n) is 16.2. The van der Waals surface area contributed by atoms with Gasteiger partial charge in [0.05, 0.1) is 12.2 Å². The first-order chi connectivity index (χ1) is 19.9. The number of aliphatic hydroxyl groups is 1. The molecule has 0 aromatic rings. The smallest absolute Gasteiger partial charge is 0.410 e. The van der Waals surface area contributed by atoms with Gasteiger partial charge in [0, 0.05) is 25.6 Å². The minimum atomic E-state index is -0.622. The minimum absolute atomic E-state index is 0.00789. The van der Waals surface area contributed by atoms with Crippen molar-refractivity contribution >= 4 is 12.2 Å². The lowest BCUT2D eigenvalue weighted by Gasteiger charge is -2.59. The summed E-state index contributed by atoms with van der Waals surface area (Å²) in [5, 5.41) is 7.00. The number of ether oxygens (including phenoxy) is 3. The molecule has 238 valence electrons. The molecule has 0 aromatic carbocycles. The Morgan fingerprint density at radius 1 is 0.929 bits per heavy atom. The molecule has 2 spiro atoms. The van der Waals surface area contributed by atoms with E-state index in [1.807, 2.05) is 4.90 Å². The van der Waals surface area contributed by atoms with E-state index in [4.69, 9.17) is 25.1 Å². The molecule has 2 aliphatic heterocycles. The molecule has 0 aromatic heterocycles. The van der Waals surface area contributed by atoms with Crippen LogP contribution in [0.3, 0.4) is 0 Å². The van der Waals surface area contributed by atoms with Crippen LogP contribution < -0.4 is 5.73 Å². The molecule has 2 heterocycles. The topological polar surface area (TPSA) is 111 Å². The highest BCUT2D eigenvalue weighted by Crippen LogP contribution is 2.87. The molecule has 8 nitrogen and oxygen atoms in total. The molecule has 5 unspecified atom stereocenters. The Hall–Kier alpha value is -1.54. The van der Waals surface area contributed by atoms with Crippen LogP contribution in [0.1, 0.15) is 105 Å². The van der Waals surface area contributed by atoms with Crippen LogP contribution in [-0.2, 0) is 14.2 Å². The van der Waals surface area contributed by atoms with E-state index in [0.717, 1.165) is 51.3 Å². The van der Waals surface area contributed by atoms with Crippen molar-refractivity contribution in [3.8, 4) is 0 Å².